The summed E-state index contributed by atoms with van der Waals surface area (Å²) >= 11 is 0. The van der Waals surface area contributed by atoms with Gasteiger partial charge < -0.3 is 0 Å². The van der Waals surface area contributed by atoms with E-state index in [0.29, 0.717) is 42.4 Å². The lowest BCUT2D eigenvalue weighted by molar-refractivity contribution is 0.480. The van der Waals surface area contributed by atoms with Crippen molar-refractivity contribution in [3.05, 3.63) is 105 Å². The van der Waals surface area contributed by atoms with Crippen LogP contribution in [0.5, 0.6) is 0 Å². The third-order valence-corrected chi connectivity index (χ3v) is 5.90. The van der Waals surface area contributed by atoms with Gasteiger partial charge in [-0.15, -0.1) is 0 Å². The molecule has 1 aliphatic carbocycles. The SMILES string of the molecule is CCCc1cc(F)c(C2CCc3c(ccc(C#Cc4ccc(F)c(F)c4)c3F)C2)c(F)c1. The lowest BCUT2D eigenvalue weighted by Gasteiger charge is -2.26. The quantitative estimate of drug-likeness (QED) is 0.304. The Morgan fingerprint density at radius 1 is 0.844 bits per heavy atom. The molecule has 0 saturated heterocycles. The van der Waals surface area contributed by atoms with Crippen molar-refractivity contribution in [3.8, 4) is 11.8 Å². The second-order valence-electron chi connectivity index (χ2n) is 8.11. The van der Waals surface area contributed by atoms with Gasteiger partial charge in [0.1, 0.15) is 17.5 Å². The van der Waals surface area contributed by atoms with E-state index >= 15 is 4.39 Å². The summed E-state index contributed by atoms with van der Waals surface area (Å²) in [4.78, 5) is 0. The molecule has 1 atom stereocenters. The molecule has 0 bridgehead atoms. The standard InChI is InChI=1S/C27H21F5/c1-2-3-17-13-24(30)26(25(31)14-17)20-9-10-21-19(15-20)8-7-18(27(21)32)6-4-16-5-11-22(28)23(29)12-16/h5,7-8,11-14,20H,2-3,9-10,15H2,1H3. The summed E-state index contributed by atoms with van der Waals surface area (Å²) in [7, 11) is 0. The van der Waals surface area contributed by atoms with Crippen molar-refractivity contribution in [1.29, 1.82) is 0 Å². The van der Waals surface area contributed by atoms with Gasteiger partial charge in [0.2, 0.25) is 0 Å². The highest BCUT2D eigenvalue weighted by Gasteiger charge is 2.28. The van der Waals surface area contributed by atoms with Gasteiger partial charge in [0, 0.05) is 11.1 Å². The Morgan fingerprint density at radius 2 is 1.59 bits per heavy atom. The minimum atomic E-state index is -1.02. The van der Waals surface area contributed by atoms with Crippen LogP contribution in [-0.4, -0.2) is 0 Å². The first kappa shape index (κ1) is 22.1. The highest BCUT2D eigenvalue weighted by molar-refractivity contribution is 5.48. The molecule has 0 aromatic heterocycles. The molecule has 0 spiro atoms. The lowest BCUT2D eigenvalue weighted by Crippen LogP contribution is -2.17. The first-order valence-electron chi connectivity index (χ1n) is 10.6. The molecule has 0 heterocycles. The molecule has 0 nitrogen and oxygen atoms in total. The summed E-state index contributed by atoms with van der Waals surface area (Å²) in [5.74, 6) is 1.39. The Morgan fingerprint density at radius 3 is 2.28 bits per heavy atom. The van der Waals surface area contributed by atoms with E-state index in [4.69, 9.17) is 0 Å². The van der Waals surface area contributed by atoms with Gasteiger partial charge in [-0.1, -0.05) is 31.3 Å². The largest absolute Gasteiger partial charge is 0.207 e. The van der Waals surface area contributed by atoms with Gasteiger partial charge in [0.15, 0.2) is 11.6 Å². The van der Waals surface area contributed by atoms with E-state index in [1.165, 1.54) is 24.3 Å². The van der Waals surface area contributed by atoms with Crippen molar-refractivity contribution in [3.63, 3.8) is 0 Å². The second kappa shape index (κ2) is 9.16. The lowest BCUT2D eigenvalue weighted by atomic mass is 9.79. The summed E-state index contributed by atoms with van der Waals surface area (Å²) in [5.41, 5.74) is 2.28. The normalized spacial score (nSPS) is 15.1. The smallest absolute Gasteiger partial charge is 0.160 e. The predicted octanol–water partition coefficient (Wildman–Crippen LogP) is 7.01. The minimum Gasteiger partial charge on any atom is -0.207 e. The monoisotopic (exact) mass is 440 g/mol. The molecule has 3 aromatic carbocycles. The molecule has 0 fully saturated rings. The van der Waals surface area contributed by atoms with Crippen LogP contribution in [0, 0.1) is 40.9 Å². The highest BCUT2D eigenvalue weighted by Crippen LogP contribution is 2.37. The van der Waals surface area contributed by atoms with Crippen molar-refractivity contribution >= 4 is 0 Å². The maximum atomic E-state index is 15.0. The summed E-state index contributed by atoms with van der Waals surface area (Å²) in [6, 6.07) is 9.28. The summed E-state index contributed by atoms with van der Waals surface area (Å²) in [6.07, 6.45) is 2.51. The fourth-order valence-electron chi connectivity index (χ4n) is 4.32. The van der Waals surface area contributed by atoms with Crippen molar-refractivity contribution in [1.82, 2.24) is 0 Å². The van der Waals surface area contributed by atoms with E-state index in [9.17, 15) is 17.6 Å². The molecular formula is C27H21F5. The van der Waals surface area contributed by atoms with Crippen molar-refractivity contribution < 1.29 is 22.0 Å². The Labute approximate surface area is 184 Å². The fourth-order valence-corrected chi connectivity index (χ4v) is 4.32. The zero-order chi connectivity index (χ0) is 22.8. The summed E-state index contributed by atoms with van der Waals surface area (Å²) < 4.78 is 70.8. The average molecular weight is 440 g/mol. The first-order valence-corrected chi connectivity index (χ1v) is 10.6. The molecule has 1 unspecified atom stereocenters. The van der Waals surface area contributed by atoms with E-state index < -0.39 is 29.1 Å². The summed E-state index contributed by atoms with van der Waals surface area (Å²) in [5, 5.41) is 0. The van der Waals surface area contributed by atoms with Gasteiger partial charge in [-0.2, -0.15) is 0 Å². The van der Waals surface area contributed by atoms with Gasteiger partial charge in [-0.05, 0) is 84.7 Å². The molecule has 164 valence electrons. The molecule has 0 radical (unpaired) electrons. The molecular weight excluding hydrogens is 419 g/mol. The summed E-state index contributed by atoms with van der Waals surface area (Å²) in [6.45, 7) is 1.95. The Hall–Kier alpha value is -3.13. The molecule has 3 aromatic rings. The van der Waals surface area contributed by atoms with Gasteiger partial charge in [0.25, 0.3) is 0 Å². The van der Waals surface area contributed by atoms with Crippen LogP contribution in [0.15, 0.2) is 42.5 Å². The number of aryl methyl sites for hydroxylation is 1. The fraction of sp³-hybridized carbons (Fsp3) is 0.259. The van der Waals surface area contributed by atoms with Crippen LogP contribution in [0.25, 0.3) is 0 Å². The zero-order valence-corrected chi connectivity index (χ0v) is 17.5. The van der Waals surface area contributed by atoms with Crippen LogP contribution in [0.1, 0.15) is 59.1 Å². The van der Waals surface area contributed by atoms with Crippen molar-refractivity contribution in [2.75, 3.05) is 0 Å². The van der Waals surface area contributed by atoms with Crippen LogP contribution in [-0.2, 0) is 19.3 Å². The molecule has 32 heavy (non-hydrogen) atoms. The minimum absolute atomic E-state index is 0.0677. The first-order chi connectivity index (χ1) is 15.4. The van der Waals surface area contributed by atoms with Crippen LogP contribution in [0.4, 0.5) is 22.0 Å². The van der Waals surface area contributed by atoms with Crippen molar-refractivity contribution in [2.24, 2.45) is 0 Å². The van der Waals surface area contributed by atoms with Gasteiger partial charge in [0.05, 0.1) is 5.56 Å². The number of rotatable bonds is 3. The maximum absolute atomic E-state index is 15.0. The maximum Gasteiger partial charge on any atom is 0.160 e. The van der Waals surface area contributed by atoms with Crippen LogP contribution in [0.3, 0.4) is 0 Å². The van der Waals surface area contributed by atoms with Gasteiger partial charge in [-0.25, -0.2) is 22.0 Å². The zero-order valence-electron chi connectivity index (χ0n) is 17.5. The number of halogens is 5. The third-order valence-electron chi connectivity index (χ3n) is 5.90. The molecule has 1 aliphatic rings. The Kier molecular flexibility index (Phi) is 6.32. The number of benzene rings is 3. The van der Waals surface area contributed by atoms with Crippen LogP contribution < -0.4 is 0 Å². The van der Waals surface area contributed by atoms with Crippen LogP contribution >= 0.6 is 0 Å². The molecule has 0 saturated carbocycles. The van der Waals surface area contributed by atoms with E-state index in [2.05, 4.69) is 11.8 Å². The van der Waals surface area contributed by atoms with E-state index in [1.807, 2.05) is 6.92 Å². The van der Waals surface area contributed by atoms with E-state index in [0.717, 1.165) is 18.6 Å². The molecule has 4 rings (SSSR count). The third kappa shape index (κ3) is 4.41. The Balaban J connectivity index is 1.59. The van der Waals surface area contributed by atoms with Crippen LogP contribution in [0.2, 0.25) is 0 Å². The van der Waals surface area contributed by atoms with E-state index in [-0.39, 0.29) is 22.6 Å². The highest BCUT2D eigenvalue weighted by atomic mass is 19.2. The molecule has 0 aliphatic heterocycles. The average Bonchev–Trinajstić information content (AvgIpc) is 2.75. The van der Waals surface area contributed by atoms with Gasteiger partial charge in [-0.3, -0.25) is 0 Å². The Bertz CT molecular complexity index is 1210. The molecule has 5 heteroatoms. The second-order valence-corrected chi connectivity index (χ2v) is 8.11. The van der Waals surface area contributed by atoms with E-state index in [1.54, 1.807) is 6.07 Å². The molecule has 0 amide bonds. The molecule has 0 N–H and O–H groups in total. The topological polar surface area (TPSA) is 0 Å². The number of fused-ring (bicyclic) bond motifs is 1. The number of hydrogen-bond donors (Lipinski definition) is 0. The van der Waals surface area contributed by atoms with Gasteiger partial charge >= 0.3 is 0 Å². The number of hydrogen-bond acceptors (Lipinski definition) is 0. The van der Waals surface area contributed by atoms with Crippen molar-refractivity contribution in [2.45, 2.75) is 44.9 Å². The predicted molar refractivity (Wildman–Crippen MR) is 114 cm³/mol.